The van der Waals surface area contributed by atoms with Crippen molar-refractivity contribution in [3.63, 3.8) is 0 Å². The Morgan fingerprint density at radius 1 is 1.20 bits per heavy atom. The monoisotopic (exact) mass is 341 g/mol. The van der Waals surface area contributed by atoms with E-state index in [2.05, 4.69) is 31.0 Å². The molecular weight excluding hydrogens is 321 g/mol. The standard InChI is InChI=1S/C15H21BrFN3/c16-13-7-12(8-14(17)9-13)10-19-4-1-15(11-19)20-5-2-18-3-6-20/h7-9,15,18H,1-6,10-11H2. The van der Waals surface area contributed by atoms with E-state index in [1.165, 1.54) is 12.5 Å². The van der Waals surface area contributed by atoms with Gasteiger partial charge in [0.2, 0.25) is 0 Å². The fraction of sp³-hybridized carbons (Fsp3) is 0.600. The van der Waals surface area contributed by atoms with Gasteiger partial charge >= 0.3 is 0 Å². The van der Waals surface area contributed by atoms with E-state index in [0.717, 1.165) is 55.8 Å². The van der Waals surface area contributed by atoms with Crippen molar-refractivity contribution in [1.29, 1.82) is 0 Å². The maximum Gasteiger partial charge on any atom is 0.124 e. The number of nitrogens with one attached hydrogen (secondary N) is 1. The maximum atomic E-state index is 13.4. The Morgan fingerprint density at radius 3 is 2.75 bits per heavy atom. The molecule has 5 heteroatoms. The van der Waals surface area contributed by atoms with E-state index in [0.29, 0.717) is 6.04 Å². The van der Waals surface area contributed by atoms with Crippen molar-refractivity contribution < 1.29 is 4.39 Å². The van der Waals surface area contributed by atoms with Crippen molar-refractivity contribution in [2.45, 2.75) is 19.0 Å². The molecule has 1 unspecified atom stereocenters. The third kappa shape index (κ3) is 3.58. The Bertz CT molecular complexity index is 442. The highest BCUT2D eigenvalue weighted by Crippen LogP contribution is 2.21. The molecule has 110 valence electrons. The van der Waals surface area contributed by atoms with Crippen molar-refractivity contribution in [3.05, 3.63) is 34.1 Å². The van der Waals surface area contributed by atoms with Gasteiger partial charge < -0.3 is 5.32 Å². The second kappa shape index (κ2) is 6.52. The third-order valence-electron chi connectivity index (χ3n) is 4.24. The molecule has 2 saturated heterocycles. The SMILES string of the molecule is Fc1cc(Br)cc(CN2CCC(N3CCNCC3)C2)c1. The van der Waals surface area contributed by atoms with Crippen LogP contribution in [0.1, 0.15) is 12.0 Å². The Kier molecular flexibility index (Phi) is 4.71. The fourth-order valence-corrected chi connectivity index (χ4v) is 3.77. The van der Waals surface area contributed by atoms with Crippen LogP contribution in [0.2, 0.25) is 0 Å². The number of piperazine rings is 1. The van der Waals surface area contributed by atoms with Gasteiger partial charge in [0.25, 0.3) is 0 Å². The molecule has 2 fully saturated rings. The molecule has 2 aliphatic rings. The van der Waals surface area contributed by atoms with Crippen LogP contribution >= 0.6 is 15.9 Å². The number of nitrogens with zero attached hydrogens (tertiary/aromatic N) is 2. The highest BCUT2D eigenvalue weighted by atomic mass is 79.9. The lowest BCUT2D eigenvalue weighted by atomic mass is 10.2. The summed E-state index contributed by atoms with van der Waals surface area (Å²) in [5, 5.41) is 3.40. The summed E-state index contributed by atoms with van der Waals surface area (Å²) in [4.78, 5) is 5.03. The summed E-state index contributed by atoms with van der Waals surface area (Å²) in [5.74, 6) is -0.160. The maximum absolute atomic E-state index is 13.4. The van der Waals surface area contributed by atoms with Crippen LogP contribution in [0, 0.1) is 5.82 Å². The molecule has 0 aromatic heterocycles. The van der Waals surface area contributed by atoms with Gasteiger partial charge in [0.05, 0.1) is 0 Å². The molecule has 1 atom stereocenters. The van der Waals surface area contributed by atoms with E-state index < -0.39 is 0 Å². The first kappa shape index (κ1) is 14.4. The summed E-state index contributed by atoms with van der Waals surface area (Å²) >= 11 is 3.36. The summed E-state index contributed by atoms with van der Waals surface area (Å²) in [6, 6.07) is 5.84. The number of hydrogen-bond donors (Lipinski definition) is 1. The van der Waals surface area contributed by atoms with E-state index in [-0.39, 0.29) is 5.82 Å². The molecule has 0 saturated carbocycles. The van der Waals surface area contributed by atoms with Gasteiger partial charge in [0.1, 0.15) is 5.82 Å². The summed E-state index contributed by atoms with van der Waals surface area (Å²) in [7, 11) is 0. The van der Waals surface area contributed by atoms with Crippen LogP contribution < -0.4 is 5.32 Å². The second-order valence-corrected chi connectivity index (χ2v) is 6.66. The minimum Gasteiger partial charge on any atom is -0.314 e. The minimum atomic E-state index is -0.160. The normalized spacial score (nSPS) is 25.2. The number of benzene rings is 1. The largest absolute Gasteiger partial charge is 0.314 e. The molecule has 3 rings (SSSR count). The summed E-state index contributed by atoms with van der Waals surface area (Å²) < 4.78 is 14.2. The quantitative estimate of drug-likeness (QED) is 0.907. The Morgan fingerprint density at radius 2 is 2.00 bits per heavy atom. The third-order valence-corrected chi connectivity index (χ3v) is 4.70. The molecule has 1 N–H and O–H groups in total. The zero-order valence-electron chi connectivity index (χ0n) is 11.6. The van der Waals surface area contributed by atoms with Crippen LogP contribution in [-0.2, 0) is 6.54 Å². The van der Waals surface area contributed by atoms with E-state index in [1.807, 2.05) is 6.07 Å². The minimum absolute atomic E-state index is 0.160. The average molecular weight is 342 g/mol. The zero-order valence-corrected chi connectivity index (χ0v) is 13.2. The van der Waals surface area contributed by atoms with E-state index in [1.54, 1.807) is 6.07 Å². The fourth-order valence-electron chi connectivity index (χ4n) is 3.26. The number of likely N-dealkylation sites (tertiary alicyclic amines) is 1. The number of halogens is 2. The van der Waals surface area contributed by atoms with Crippen molar-refractivity contribution in [1.82, 2.24) is 15.1 Å². The summed E-state index contributed by atoms with van der Waals surface area (Å²) in [6.07, 6.45) is 1.23. The van der Waals surface area contributed by atoms with Crippen molar-refractivity contribution in [2.75, 3.05) is 39.3 Å². The molecule has 20 heavy (non-hydrogen) atoms. The summed E-state index contributed by atoms with van der Waals surface area (Å²) in [5.41, 5.74) is 1.05. The first-order valence-corrected chi connectivity index (χ1v) is 8.12. The van der Waals surface area contributed by atoms with Crippen LogP contribution in [-0.4, -0.2) is 55.1 Å². The van der Waals surface area contributed by atoms with Gasteiger partial charge in [-0.25, -0.2) is 4.39 Å². The Hall–Kier alpha value is -0.490. The number of rotatable bonds is 3. The predicted molar refractivity (Wildman–Crippen MR) is 82.2 cm³/mol. The van der Waals surface area contributed by atoms with Crippen molar-refractivity contribution in [3.8, 4) is 0 Å². The lowest BCUT2D eigenvalue weighted by Gasteiger charge is -2.32. The van der Waals surface area contributed by atoms with E-state index in [4.69, 9.17) is 0 Å². The van der Waals surface area contributed by atoms with Gasteiger partial charge in [-0.1, -0.05) is 15.9 Å². The first-order valence-electron chi connectivity index (χ1n) is 7.33. The average Bonchev–Trinajstić information content (AvgIpc) is 2.87. The number of hydrogen-bond acceptors (Lipinski definition) is 3. The molecule has 0 radical (unpaired) electrons. The first-order chi connectivity index (χ1) is 9.70. The predicted octanol–water partition coefficient (Wildman–Crippen LogP) is 2.07. The molecule has 0 aliphatic carbocycles. The van der Waals surface area contributed by atoms with Gasteiger partial charge in [-0.3, -0.25) is 9.80 Å². The molecule has 2 aliphatic heterocycles. The molecular formula is C15H21BrFN3. The van der Waals surface area contributed by atoms with Gasteiger partial charge in [0.15, 0.2) is 0 Å². The highest BCUT2D eigenvalue weighted by Gasteiger charge is 2.28. The lowest BCUT2D eigenvalue weighted by Crippen LogP contribution is -2.49. The van der Waals surface area contributed by atoms with Gasteiger partial charge in [-0.15, -0.1) is 0 Å². The van der Waals surface area contributed by atoms with Gasteiger partial charge in [0, 0.05) is 56.3 Å². The molecule has 0 spiro atoms. The van der Waals surface area contributed by atoms with Crippen molar-refractivity contribution in [2.24, 2.45) is 0 Å². The van der Waals surface area contributed by atoms with Crippen LogP contribution in [0.15, 0.2) is 22.7 Å². The zero-order chi connectivity index (χ0) is 13.9. The van der Waals surface area contributed by atoms with Crippen LogP contribution in [0.4, 0.5) is 4.39 Å². The van der Waals surface area contributed by atoms with E-state index in [9.17, 15) is 4.39 Å². The highest BCUT2D eigenvalue weighted by molar-refractivity contribution is 9.10. The second-order valence-electron chi connectivity index (χ2n) is 5.74. The van der Waals surface area contributed by atoms with Crippen molar-refractivity contribution >= 4 is 15.9 Å². The molecule has 0 amide bonds. The Balaban J connectivity index is 1.57. The van der Waals surface area contributed by atoms with Gasteiger partial charge in [-0.05, 0) is 30.2 Å². The van der Waals surface area contributed by atoms with Crippen LogP contribution in [0.3, 0.4) is 0 Å². The molecule has 1 aromatic carbocycles. The lowest BCUT2D eigenvalue weighted by molar-refractivity contribution is 0.170. The Labute approximate surface area is 128 Å². The van der Waals surface area contributed by atoms with Crippen LogP contribution in [0.25, 0.3) is 0 Å². The summed E-state index contributed by atoms with van der Waals surface area (Å²) in [6.45, 7) is 7.59. The molecule has 1 aromatic rings. The smallest absolute Gasteiger partial charge is 0.124 e. The molecule has 3 nitrogen and oxygen atoms in total. The topological polar surface area (TPSA) is 18.5 Å². The molecule has 2 heterocycles. The van der Waals surface area contributed by atoms with Crippen LogP contribution in [0.5, 0.6) is 0 Å². The molecule has 0 bridgehead atoms. The van der Waals surface area contributed by atoms with Gasteiger partial charge in [-0.2, -0.15) is 0 Å². The van der Waals surface area contributed by atoms with E-state index >= 15 is 0 Å².